The van der Waals surface area contributed by atoms with E-state index < -0.39 is 12.0 Å². The second-order valence-corrected chi connectivity index (χ2v) is 4.85. The summed E-state index contributed by atoms with van der Waals surface area (Å²) < 4.78 is 10.4. The van der Waals surface area contributed by atoms with Crippen LogP contribution < -0.4 is 5.43 Å². The lowest BCUT2D eigenvalue weighted by molar-refractivity contribution is 0.192. The lowest BCUT2D eigenvalue weighted by atomic mass is 9.90. The molecule has 0 spiro atoms. The van der Waals surface area contributed by atoms with Crippen molar-refractivity contribution in [1.29, 1.82) is 0 Å². The average Bonchev–Trinajstić information content (AvgIpc) is 2.48. The number of ether oxygens (including phenoxy) is 1. The highest BCUT2D eigenvalue weighted by atomic mass is 16.5. The predicted molar refractivity (Wildman–Crippen MR) is 77.1 cm³/mol. The van der Waals surface area contributed by atoms with Gasteiger partial charge in [0.05, 0.1) is 24.9 Å². The lowest BCUT2D eigenvalue weighted by Crippen LogP contribution is -2.23. The van der Waals surface area contributed by atoms with Crippen molar-refractivity contribution in [3.8, 4) is 5.75 Å². The first-order chi connectivity index (χ1) is 10.1. The zero-order chi connectivity index (χ0) is 15.0. The van der Waals surface area contributed by atoms with Gasteiger partial charge < -0.3 is 19.4 Å². The van der Waals surface area contributed by atoms with Crippen molar-refractivity contribution in [3.63, 3.8) is 0 Å². The second kappa shape index (κ2) is 5.10. The maximum atomic E-state index is 12.5. The molecular weight excluding hydrogens is 272 g/mol. The first kappa shape index (κ1) is 13.5. The topological polar surface area (TPSA) is 79.9 Å². The Bertz CT molecular complexity index is 800. The highest BCUT2D eigenvalue weighted by Crippen LogP contribution is 2.27. The van der Waals surface area contributed by atoms with Crippen molar-refractivity contribution >= 4 is 11.0 Å². The Labute approximate surface area is 120 Å². The van der Waals surface area contributed by atoms with Gasteiger partial charge in [-0.3, -0.25) is 4.79 Å². The van der Waals surface area contributed by atoms with Crippen LogP contribution >= 0.6 is 0 Å². The second-order valence-electron chi connectivity index (χ2n) is 4.85. The number of fused-ring (bicyclic) bond motifs is 1. The van der Waals surface area contributed by atoms with Gasteiger partial charge in [-0.05, 0) is 24.3 Å². The summed E-state index contributed by atoms with van der Waals surface area (Å²) in [4.78, 5) is 12.5. The number of hydrogen-bond donors (Lipinski definition) is 2. The van der Waals surface area contributed by atoms with E-state index in [9.17, 15) is 15.0 Å². The molecule has 1 aliphatic carbocycles. The maximum Gasteiger partial charge on any atom is 0.196 e. The first-order valence-electron chi connectivity index (χ1n) is 6.46. The Kier molecular flexibility index (Phi) is 3.27. The minimum atomic E-state index is -0.859. The summed E-state index contributed by atoms with van der Waals surface area (Å²) in [7, 11) is 1.51. The van der Waals surface area contributed by atoms with E-state index in [1.165, 1.54) is 31.6 Å². The van der Waals surface area contributed by atoms with Crippen LogP contribution in [0, 0.1) is 0 Å². The number of hydrogen-bond acceptors (Lipinski definition) is 5. The summed E-state index contributed by atoms with van der Waals surface area (Å²) in [6, 6.07) is 4.32. The van der Waals surface area contributed by atoms with Crippen LogP contribution in [0.2, 0.25) is 0 Å². The van der Waals surface area contributed by atoms with Crippen LogP contribution in [0.1, 0.15) is 11.5 Å². The minimum Gasteiger partial charge on any atom is -0.508 e. The molecule has 5 heteroatoms. The standard InChI is InChI=1S/C16H14O5/c1-20-10-3-5-11(14(18)7-10)13-8-21-15-6-9(17)2-4-12(15)16(13)19/h2-8,11,14,17-18H,1H3. The van der Waals surface area contributed by atoms with Crippen LogP contribution in [0.25, 0.3) is 11.0 Å². The maximum absolute atomic E-state index is 12.5. The number of benzene rings is 1. The average molecular weight is 286 g/mol. The Morgan fingerprint density at radius 1 is 1.33 bits per heavy atom. The molecule has 0 saturated heterocycles. The van der Waals surface area contributed by atoms with Crippen LogP contribution in [0.15, 0.2) is 57.7 Å². The molecular formula is C16H14O5. The molecule has 2 atom stereocenters. The zero-order valence-electron chi connectivity index (χ0n) is 11.3. The van der Waals surface area contributed by atoms with E-state index in [1.807, 2.05) is 0 Å². The van der Waals surface area contributed by atoms with Crippen LogP contribution in [0.3, 0.4) is 0 Å². The molecule has 0 radical (unpaired) electrons. The number of phenols is 1. The van der Waals surface area contributed by atoms with Gasteiger partial charge in [-0.1, -0.05) is 6.08 Å². The quantitative estimate of drug-likeness (QED) is 0.883. The van der Waals surface area contributed by atoms with E-state index in [0.29, 0.717) is 22.3 Å². The van der Waals surface area contributed by atoms with Gasteiger partial charge in [0, 0.05) is 17.5 Å². The molecule has 0 aliphatic heterocycles. The molecule has 3 rings (SSSR count). The molecule has 0 amide bonds. The van der Waals surface area contributed by atoms with Crippen LogP contribution in [-0.2, 0) is 4.74 Å². The molecule has 1 aromatic heterocycles. The Morgan fingerprint density at radius 2 is 2.14 bits per heavy atom. The number of rotatable bonds is 2. The Hall–Kier alpha value is -2.53. The van der Waals surface area contributed by atoms with E-state index in [-0.39, 0.29) is 11.2 Å². The molecule has 1 heterocycles. The van der Waals surface area contributed by atoms with Crippen LogP contribution in [0.4, 0.5) is 0 Å². The highest BCUT2D eigenvalue weighted by Gasteiger charge is 2.24. The van der Waals surface area contributed by atoms with Crippen LogP contribution in [-0.4, -0.2) is 23.4 Å². The number of allylic oxidation sites excluding steroid dienone is 1. The lowest BCUT2D eigenvalue weighted by Gasteiger charge is -2.21. The van der Waals surface area contributed by atoms with Gasteiger partial charge in [-0.15, -0.1) is 0 Å². The zero-order valence-corrected chi connectivity index (χ0v) is 11.3. The van der Waals surface area contributed by atoms with E-state index in [4.69, 9.17) is 9.15 Å². The fourth-order valence-electron chi connectivity index (χ4n) is 2.43. The molecule has 0 fully saturated rings. The van der Waals surface area contributed by atoms with Gasteiger partial charge in [-0.2, -0.15) is 0 Å². The highest BCUT2D eigenvalue weighted by molar-refractivity contribution is 5.78. The Balaban J connectivity index is 2.08. The van der Waals surface area contributed by atoms with Gasteiger partial charge in [0.1, 0.15) is 17.1 Å². The monoisotopic (exact) mass is 286 g/mol. The number of phenolic OH excluding ortho intramolecular Hbond substituents is 1. The van der Waals surface area contributed by atoms with Gasteiger partial charge >= 0.3 is 0 Å². The summed E-state index contributed by atoms with van der Waals surface area (Å²) in [6.45, 7) is 0. The summed E-state index contributed by atoms with van der Waals surface area (Å²) >= 11 is 0. The van der Waals surface area contributed by atoms with Crippen molar-refractivity contribution in [2.45, 2.75) is 12.0 Å². The Morgan fingerprint density at radius 3 is 2.86 bits per heavy atom. The summed E-state index contributed by atoms with van der Waals surface area (Å²) in [5, 5.41) is 19.9. The van der Waals surface area contributed by atoms with Gasteiger partial charge in [0.15, 0.2) is 5.43 Å². The van der Waals surface area contributed by atoms with Crippen molar-refractivity contribution in [3.05, 3.63) is 64.2 Å². The summed E-state index contributed by atoms with van der Waals surface area (Å²) in [6.07, 6.45) is 5.43. The molecule has 21 heavy (non-hydrogen) atoms. The summed E-state index contributed by atoms with van der Waals surface area (Å²) in [5.74, 6) is 0.0934. The number of aromatic hydroxyl groups is 1. The van der Waals surface area contributed by atoms with E-state index in [1.54, 1.807) is 18.2 Å². The molecule has 0 bridgehead atoms. The predicted octanol–water partition coefficient (Wildman–Crippen LogP) is 2.04. The molecule has 2 N–H and O–H groups in total. The summed E-state index contributed by atoms with van der Waals surface area (Å²) in [5.41, 5.74) is 0.453. The molecule has 1 aromatic carbocycles. The van der Waals surface area contributed by atoms with Gasteiger partial charge in [0.25, 0.3) is 0 Å². The van der Waals surface area contributed by atoms with Gasteiger partial charge in [-0.25, -0.2) is 0 Å². The van der Waals surface area contributed by atoms with E-state index >= 15 is 0 Å². The van der Waals surface area contributed by atoms with E-state index in [0.717, 1.165) is 0 Å². The fraction of sp³-hybridized carbons (Fsp3) is 0.188. The molecule has 1 aliphatic rings. The third-order valence-electron chi connectivity index (χ3n) is 3.55. The van der Waals surface area contributed by atoms with E-state index in [2.05, 4.69) is 0 Å². The molecule has 2 aromatic rings. The third-order valence-corrected chi connectivity index (χ3v) is 3.55. The van der Waals surface area contributed by atoms with Crippen LogP contribution in [0.5, 0.6) is 5.75 Å². The SMILES string of the molecule is COC1=CC(O)C(c2coc3cc(O)ccc3c2=O)C=C1. The van der Waals surface area contributed by atoms with Gasteiger partial charge in [0.2, 0.25) is 0 Å². The van der Waals surface area contributed by atoms with Crippen molar-refractivity contribution < 1.29 is 19.4 Å². The fourth-order valence-corrected chi connectivity index (χ4v) is 2.43. The largest absolute Gasteiger partial charge is 0.508 e. The van der Waals surface area contributed by atoms with Crippen molar-refractivity contribution in [1.82, 2.24) is 0 Å². The first-order valence-corrected chi connectivity index (χ1v) is 6.46. The molecule has 108 valence electrons. The molecule has 5 nitrogen and oxygen atoms in total. The molecule has 0 saturated carbocycles. The smallest absolute Gasteiger partial charge is 0.196 e. The molecule has 2 unspecified atom stereocenters. The van der Waals surface area contributed by atoms with Crippen molar-refractivity contribution in [2.75, 3.05) is 7.11 Å². The normalized spacial score (nSPS) is 21.3. The number of aliphatic hydroxyl groups is 1. The van der Waals surface area contributed by atoms with Crippen molar-refractivity contribution in [2.24, 2.45) is 0 Å². The number of methoxy groups -OCH3 is 1. The number of aliphatic hydroxyl groups excluding tert-OH is 1. The third kappa shape index (κ3) is 2.32. The minimum absolute atomic E-state index is 0.0312.